The maximum absolute atomic E-state index is 12.7. The monoisotopic (exact) mass is 423 g/mol. The first-order chi connectivity index (χ1) is 13.0. The minimum atomic E-state index is -4.84. The molecule has 1 saturated heterocycles. The largest absolute Gasteiger partial charge is 0.573 e. The van der Waals surface area contributed by atoms with E-state index in [4.69, 9.17) is 0 Å². The summed E-state index contributed by atoms with van der Waals surface area (Å²) in [5.41, 5.74) is 0. The molecule has 0 radical (unpaired) electrons. The fraction of sp³-hybridized carbons (Fsp3) is 0.588. The molecule has 158 valence electrons. The third-order valence-corrected chi connectivity index (χ3v) is 6.33. The summed E-state index contributed by atoms with van der Waals surface area (Å²) in [7, 11) is -3.83. The van der Waals surface area contributed by atoms with Crippen molar-refractivity contribution in [3.8, 4) is 5.75 Å². The molecule has 0 bridgehead atoms. The highest BCUT2D eigenvalue weighted by Gasteiger charge is 2.32. The fourth-order valence-electron chi connectivity index (χ4n) is 2.72. The van der Waals surface area contributed by atoms with Crippen molar-refractivity contribution in [2.24, 2.45) is 0 Å². The van der Waals surface area contributed by atoms with E-state index in [2.05, 4.69) is 10.1 Å². The van der Waals surface area contributed by atoms with Gasteiger partial charge in [-0.05, 0) is 37.6 Å². The lowest BCUT2D eigenvalue weighted by molar-refractivity contribution is -0.274. The summed E-state index contributed by atoms with van der Waals surface area (Å²) < 4.78 is 66.9. The highest BCUT2D eigenvalue weighted by molar-refractivity contribution is 7.89. The lowest BCUT2D eigenvalue weighted by Gasteiger charge is -2.33. The predicted molar refractivity (Wildman–Crippen MR) is 96.2 cm³/mol. The molecule has 1 N–H and O–H groups in total. The standard InChI is InChI=1S/C17H24F3N3O4S/c1-3-13(2)21-16(24)12-22-8-10-23(11-9-22)28(25,26)15-6-4-14(5-7-15)27-17(18,19)20/h4-7,13H,3,8-12H2,1-2H3,(H,21,24)/t13-/m0/s1. The van der Waals surface area contributed by atoms with Crippen LogP contribution in [0.1, 0.15) is 20.3 Å². The Morgan fingerprint density at radius 1 is 1.18 bits per heavy atom. The van der Waals surface area contributed by atoms with Gasteiger partial charge in [0.05, 0.1) is 11.4 Å². The zero-order chi connectivity index (χ0) is 20.9. The maximum atomic E-state index is 12.7. The molecule has 1 amide bonds. The number of halogens is 3. The van der Waals surface area contributed by atoms with Crippen molar-refractivity contribution in [1.82, 2.24) is 14.5 Å². The highest BCUT2D eigenvalue weighted by atomic mass is 32.2. The van der Waals surface area contributed by atoms with Crippen molar-refractivity contribution >= 4 is 15.9 Å². The predicted octanol–water partition coefficient (Wildman–Crippen LogP) is 1.81. The van der Waals surface area contributed by atoms with Crippen LogP contribution in [0.15, 0.2) is 29.2 Å². The van der Waals surface area contributed by atoms with E-state index in [-0.39, 0.29) is 36.5 Å². The molecule has 2 rings (SSSR count). The van der Waals surface area contributed by atoms with Gasteiger partial charge in [-0.15, -0.1) is 13.2 Å². The number of rotatable bonds is 7. The van der Waals surface area contributed by atoms with Crippen LogP contribution in [0.5, 0.6) is 5.75 Å². The van der Waals surface area contributed by atoms with Crippen LogP contribution >= 0.6 is 0 Å². The van der Waals surface area contributed by atoms with Crippen molar-refractivity contribution < 1.29 is 31.1 Å². The Bertz CT molecular complexity index is 761. The van der Waals surface area contributed by atoms with E-state index in [1.165, 1.54) is 4.31 Å². The van der Waals surface area contributed by atoms with Gasteiger partial charge in [0.1, 0.15) is 5.75 Å². The number of nitrogens with one attached hydrogen (secondary N) is 1. The molecule has 0 aliphatic carbocycles. The molecule has 1 fully saturated rings. The summed E-state index contributed by atoms with van der Waals surface area (Å²) in [4.78, 5) is 13.7. The lowest BCUT2D eigenvalue weighted by Crippen LogP contribution is -2.51. The Balaban J connectivity index is 1.93. The van der Waals surface area contributed by atoms with Crippen molar-refractivity contribution in [3.63, 3.8) is 0 Å². The third-order valence-electron chi connectivity index (χ3n) is 4.41. The molecule has 0 aromatic heterocycles. The fourth-order valence-corrected chi connectivity index (χ4v) is 4.14. The number of sulfonamides is 1. The molecule has 28 heavy (non-hydrogen) atoms. The van der Waals surface area contributed by atoms with E-state index in [9.17, 15) is 26.4 Å². The summed E-state index contributed by atoms with van der Waals surface area (Å²) >= 11 is 0. The molecule has 7 nitrogen and oxygen atoms in total. The van der Waals surface area contributed by atoms with Gasteiger partial charge in [0.2, 0.25) is 15.9 Å². The molecule has 1 aromatic carbocycles. The first-order valence-corrected chi connectivity index (χ1v) is 10.3. The smallest absolute Gasteiger partial charge is 0.406 e. The quantitative estimate of drug-likeness (QED) is 0.724. The molecular formula is C17H24F3N3O4S. The molecule has 0 spiro atoms. The van der Waals surface area contributed by atoms with Crippen molar-refractivity contribution in [2.75, 3.05) is 32.7 Å². The molecule has 1 heterocycles. The third kappa shape index (κ3) is 6.35. The average molecular weight is 423 g/mol. The number of alkyl halides is 3. The van der Waals surface area contributed by atoms with Crippen LogP contribution in [0.25, 0.3) is 0 Å². The number of piperazine rings is 1. The lowest BCUT2D eigenvalue weighted by atomic mass is 10.2. The molecule has 0 saturated carbocycles. The topological polar surface area (TPSA) is 79.0 Å². The number of carbonyl (C=O) groups excluding carboxylic acids is 1. The van der Waals surface area contributed by atoms with E-state index >= 15 is 0 Å². The van der Waals surface area contributed by atoms with Crippen LogP contribution in [0.2, 0.25) is 0 Å². The second kappa shape index (κ2) is 9.10. The molecule has 0 unspecified atom stereocenters. The molecule has 1 aliphatic heterocycles. The van der Waals surface area contributed by atoms with E-state index in [0.717, 1.165) is 30.7 Å². The molecule has 11 heteroatoms. The van der Waals surface area contributed by atoms with E-state index in [0.29, 0.717) is 13.1 Å². The summed E-state index contributed by atoms with van der Waals surface area (Å²) in [6, 6.07) is 4.19. The number of hydrogen-bond acceptors (Lipinski definition) is 5. The van der Waals surface area contributed by atoms with Crippen LogP contribution in [-0.4, -0.2) is 68.7 Å². The SMILES string of the molecule is CC[C@H](C)NC(=O)CN1CCN(S(=O)(=O)c2ccc(OC(F)(F)F)cc2)CC1. The zero-order valence-electron chi connectivity index (χ0n) is 15.7. The van der Waals surface area contributed by atoms with Gasteiger partial charge in [0, 0.05) is 32.2 Å². The van der Waals surface area contributed by atoms with Gasteiger partial charge in [-0.1, -0.05) is 6.92 Å². The van der Waals surface area contributed by atoms with Gasteiger partial charge in [0.15, 0.2) is 0 Å². The van der Waals surface area contributed by atoms with Crippen molar-refractivity contribution in [1.29, 1.82) is 0 Å². The van der Waals surface area contributed by atoms with Crippen LogP contribution in [-0.2, 0) is 14.8 Å². The molecule has 1 atom stereocenters. The second-order valence-electron chi connectivity index (χ2n) is 6.58. The molecule has 1 aliphatic rings. The van der Waals surface area contributed by atoms with Crippen LogP contribution in [0.3, 0.4) is 0 Å². The van der Waals surface area contributed by atoms with Crippen LogP contribution in [0.4, 0.5) is 13.2 Å². The first-order valence-electron chi connectivity index (χ1n) is 8.89. The Labute approximate surface area is 162 Å². The second-order valence-corrected chi connectivity index (χ2v) is 8.51. The Morgan fingerprint density at radius 3 is 2.25 bits per heavy atom. The number of hydrogen-bond donors (Lipinski definition) is 1. The number of benzene rings is 1. The summed E-state index contributed by atoms with van der Waals surface area (Å²) in [5, 5.41) is 2.86. The molecular weight excluding hydrogens is 399 g/mol. The Hall–Kier alpha value is -1.85. The van der Waals surface area contributed by atoms with Gasteiger partial charge in [-0.3, -0.25) is 9.69 Å². The molecule has 1 aromatic rings. The number of nitrogens with zero attached hydrogens (tertiary/aromatic N) is 2. The van der Waals surface area contributed by atoms with Gasteiger partial charge in [-0.2, -0.15) is 4.31 Å². The first kappa shape index (κ1) is 22.4. The summed E-state index contributed by atoms with van der Waals surface area (Å²) in [5.74, 6) is -0.588. The highest BCUT2D eigenvalue weighted by Crippen LogP contribution is 2.25. The summed E-state index contributed by atoms with van der Waals surface area (Å²) in [6.45, 7) is 5.25. The Kier molecular flexibility index (Phi) is 7.29. The zero-order valence-corrected chi connectivity index (χ0v) is 16.5. The maximum Gasteiger partial charge on any atom is 0.573 e. The van der Waals surface area contributed by atoms with Crippen molar-refractivity contribution in [2.45, 2.75) is 37.6 Å². The number of carbonyl (C=O) groups is 1. The van der Waals surface area contributed by atoms with E-state index in [1.807, 2.05) is 18.7 Å². The van der Waals surface area contributed by atoms with Crippen LogP contribution < -0.4 is 10.1 Å². The normalized spacial score (nSPS) is 17.9. The van der Waals surface area contributed by atoms with Gasteiger partial charge in [0.25, 0.3) is 0 Å². The average Bonchev–Trinajstić information content (AvgIpc) is 2.61. The van der Waals surface area contributed by atoms with Gasteiger partial charge in [-0.25, -0.2) is 8.42 Å². The number of amides is 1. The van der Waals surface area contributed by atoms with E-state index < -0.39 is 22.1 Å². The van der Waals surface area contributed by atoms with Crippen molar-refractivity contribution in [3.05, 3.63) is 24.3 Å². The summed E-state index contributed by atoms with van der Waals surface area (Å²) in [6.07, 6.45) is -4.01. The minimum absolute atomic E-state index is 0.0819. The van der Waals surface area contributed by atoms with E-state index in [1.54, 1.807) is 0 Å². The van der Waals surface area contributed by atoms with Crippen LogP contribution in [0, 0.1) is 0 Å². The Morgan fingerprint density at radius 2 is 1.75 bits per heavy atom. The van der Waals surface area contributed by atoms with Gasteiger partial charge >= 0.3 is 6.36 Å². The van der Waals surface area contributed by atoms with Gasteiger partial charge < -0.3 is 10.1 Å². The number of ether oxygens (including phenoxy) is 1. The minimum Gasteiger partial charge on any atom is -0.406 e.